The van der Waals surface area contributed by atoms with Crippen molar-refractivity contribution in [1.29, 1.82) is 0 Å². The first kappa shape index (κ1) is 23.8. The molecular formula is C25H27FN4O3S. The monoisotopic (exact) mass is 482 g/mol. The zero-order chi connectivity index (χ0) is 24.7. The lowest BCUT2D eigenvalue weighted by atomic mass is 10.1. The van der Waals surface area contributed by atoms with Crippen molar-refractivity contribution in [2.24, 2.45) is 13.0 Å². The number of rotatable bonds is 7. The van der Waals surface area contributed by atoms with E-state index < -0.39 is 17.6 Å². The summed E-state index contributed by atoms with van der Waals surface area (Å²) in [5.41, 5.74) is 2.31. The van der Waals surface area contributed by atoms with Crippen molar-refractivity contribution >= 4 is 34.6 Å². The van der Waals surface area contributed by atoms with Crippen LogP contribution in [0, 0.1) is 39.4 Å². The molecule has 0 saturated heterocycles. The van der Waals surface area contributed by atoms with Gasteiger partial charge >= 0.3 is 0 Å². The summed E-state index contributed by atoms with van der Waals surface area (Å²) >= 11 is 1.51. The minimum atomic E-state index is -0.713. The van der Waals surface area contributed by atoms with Gasteiger partial charge in [0.15, 0.2) is 0 Å². The highest BCUT2D eigenvalue weighted by molar-refractivity contribution is 7.11. The standard InChI is InChI=1S/C25H27FN4O3S/c1-12-10-17(8-9-18(12)26)28-23(32)19-14(3)21(30(5)15(19)4)22(31)24(33)29-20(16-6-7-16)25-27-11-13(2)34-25/h8-11,16,20H,6-7H2,1-5H3,(H,28,32)(H,29,33). The second kappa shape index (κ2) is 9.13. The molecule has 2 N–H and O–H groups in total. The van der Waals surface area contributed by atoms with E-state index in [2.05, 4.69) is 15.6 Å². The number of nitrogens with one attached hydrogen (secondary N) is 2. The van der Waals surface area contributed by atoms with Gasteiger partial charge in [-0.05, 0) is 75.8 Å². The van der Waals surface area contributed by atoms with Gasteiger partial charge in [-0.2, -0.15) is 0 Å². The quantitative estimate of drug-likeness (QED) is 0.381. The topological polar surface area (TPSA) is 93.1 Å². The van der Waals surface area contributed by atoms with Crippen molar-refractivity contribution in [2.45, 2.75) is 46.6 Å². The van der Waals surface area contributed by atoms with Crippen LogP contribution in [0.2, 0.25) is 0 Å². The number of aromatic nitrogens is 2. The predicted octanol–water partition coefficient (Wildman–Crippen LogP) is 4.56. The highest BCUT2D eigenvalue weighted by atomic mass is 32.1. The second-order valence-electron chi connectivity index (χ2n) is 8.84. The fraction of sp³-hybridized carbons (Fsp3) is 0.360. The Hall–Kier alpha value is -3.33. The molecule has 1 saturated carbocycles. The molecule has 1 aliphatic carbocycles. The second-order valence-corrected chi connectivity index (χ2v) is 10.1. The lowest BCUT2D eigenvalue weighted by molar-refractivity contribution is -0.117. The molecule has 0 bridgehead atoms. The maximum atomic E-state index is 13.6. The van der Waals surface area contributed by atoms with Gasteiger partial charge in [-0.25, -0.2) is 9.37 Å². The number of carbonyl (C=O) groups excluding carboxylic acids is 3. The molecule has 1 unspecified atom stereocenters. The molecule has 1 aromatic carbocycles. The zero-order valence-electron chi connectivity index (χ0n) is 19.8. The molecule has 2 aromatic heterocycles. The Kier molecular flexibility index (Phi) is 6.40. The largest absolute Gasteiger partial charge is 0.344 e. The van der Waals surface area contributed by atoms with Crippen molar-refractivity contribution in [2.75, 3.05) is 5.32 Å². The lowest BCUT2D eigenvalue weighted by Gasteiger charge is -2.15. The van der Waals surface area contributed by atoms with Gasteiger partial charge in [0.2, 0.25) is 0 Å². The Labute approximate surface area is 201 Å². The number of anilines is 1. The lowest BCUT2D eigenvalue weighted by Crippen LogP contribution is -2.36. The predicted molar refractivity (Wildman–Crippen MR) is 129 cm³/mol. The average molecular weight is 483 g/mol. The highest BCUT2D eigenvalue weighted by Crippen LogP contribution is 2.42. The minimum absolute atomic E-state index is 0.167. The number of hydrogen-bond acceptors (Lipinski definition) is 5. The number of aryl methyl sites for hydroxylation is 2. The van der Waals surface area contributed by atoms with Gasteiger partial charge in [0, 0.05) is 29.5 Å². The number of ketones is 1. The third-order valence-electron chi connectivity index (χ3n) is 6.28. The van der Waals surface area contributed by atoms with E-state index in [4.69, 9.17) is 0 Å². The van der Waals surface area contributed by atoms with Gasteiger partial charge in [-0.3, -0.25) is 14.4 Å². The summed E-state index contributed by atoms with van der Waals surface area (Å²) in [7, 11) is 1.66. The van der Waals surface area contributed by atoms with E-state index >= 15 is 0 Å². The number of benzene rings is 1. The van der Waals surface area contributed by atoms with Crippen molar-refractivity contribution in [3.8, 4) is 0 Å². The van der Waals surface area contributed by atoms with Crippen LogP contribution in [0.15, 0.2) is 24.4 Å². The third kappa shape index (κ3) is 4.52. The molecule has 3 aromatic rings. The van der Waals surface area contributed by atoms with E-state index in [0.717, 1.165) is 22.7 Å². The molecule has 34 heavy (non-hydrogen) atoms. The fourth-order valence-corrected chi connectivity index (χ4v) is 5.11. The van der Waals surface area contributed by atoms with E-state index in [0.29, 0.717) is 28.1 Å². The summed E-state index contributed by atoms with van der Waals surface area (Å²) < 4.78 is 15.1. The van der Waals surface area contributed by atoms with Crippen molar-refractivity contribution in [3.05, 3.63) is 68.2 Å². The SMILES string of the molecule is Cc1cnc(C(NC(=O)C(=O)c2c(C)c(C(=O)Nc3ccc(F)c(C)c3)c(C)n2C)C2CC2)s1. The van der Waals surface area contributed by atoms with Crippen LogP contribution in [0.5, 0.6) is 0 Å². The molecule has 178 valence electrons. The first-order valence-electron chi connectivity index (χ1n) is 11.1. The summed E-state index contributed by atoms with van der Waals surface area (Å²) in [5.74, 6) is -1.92. The molecule has 9 heteroatoms. The number of nitrogens with zero attached hydrogens (tertiary/aromatic N) is 2. The number of Topliss-reactive ketones (excluding diaryl/α,β-unsaturated/α-hetero) is 1. The Morgan fingerprint density at radius 1 is 1.18 bits per heavy atom. The normalized spacial score (nSPS) is 14.1. The van der Waals surface area contributed by atoms with Gasteiger partial charge in [-0.15, -0.1) is 11.3 Å². The smallest absolute Gasteiger partial charge is 0.294 e. The van der Waals surface area contributed by atoms with Crippen molar-refractivity contribution in [3.63, 3.8) is 0 Å². The van der Waals surface area contributed by atoms with Crippen molar-refractivity contribution in [1.82, 2.24) is 14.9 Å². The van der Waals surface area contributed by atoms with Crippen LogP contribution in [-0.4, -0.2) is 27.1 Å². The van der Waals surface area contributed by atoms with Crippen LogP contribution >= 0.6 is 11.3 Å². The molecule has 0 aliphatic heterocycles. The van der Waals surface area contributed by atoms with Crippen LogP contribution in [0.1, 0.15) is 66.4 Å². The minimum Gasteiger partial charge on any atom is -0.344 e. The summed E-state index contributed by atoms with van der Waals surface area (Å²) in [6.45, 7) is 6.94. The third-order valence-corrected chi connectivity index (χ3v) is 7.28. The zero-order valence-corrected chi connectivity index (χ0v) is 20.6. The summed E-state index contributed by atoms with van der Waals surface area (Å²) in [6, 6.07) is 4.01. The van der Waals surface area contributed by atoms with E-state index in [1.165, 1.54) is 23.5 Å². The number of hydrogen-bond donors (Lipinski definition) is 2. The molecule has 2 heterocycles. The first-order chi connectivity index (χ1) is 16.1. The number of thiazole rings is 1. The van der Waals surface area contributed by atoms with E-state index in [1.54, 1.807) is 44.6 Å². The molecule has 1 fully saturated rings. The van der Waals surface area contributed by atoms with Crippen LogP contribution in [-0.2, 0) is 11.8 Å². The Balaban J connectivity index is 1.57. The van der Waals surface area contributed by atoms with E-state index in [1.807, 2.05) is 6.92 Å². The summed E-state index contributed by atoms with van der Waals surface area (Å²) in [4.78, 5) is 44.7. The molecule has 2 amide bonds. The average Bonchev–Trinajstić information content (AvgIpc) is 3.49. The molecular weight excluding hydrogens is 455 g/mol. The summed E-state index contributed by atoms with van der Waals surface area (Å²) in [6.07, 6.45) is 3.72. The van der Waals surface area contributed by atoms with Crippen LogP contribution in [0.3, 0.4) is 0 Å². The van der Waals surface area contributed by atoms with Gasteiger partial charge < -0.3 is 15.2 Å². The Bertz CT molecular complexity index is 1310. The van der Waals surface area contributed by atoms with Crippen LogP contribution < -0.4 is 10.6 Å². The van der Waals surface area contributed by atoms with Gasteiger partial charge in [-0.1, -0.05) is 0 Å². The molecule has 1 atom stereocenters. The fourth-order valence-electron chi connectivity index (χ4n) is 4.19. The molecule has 0 spiro atoms. The Morgan fingerprint density at radius 3 is 2.47 bits per heavy atom. The maximum absolute atomic E-state index is 13.6. The maximum Gasteiger partial charge on any atom is 0.294 e. The molecule has 1 aliphatic rings. The Morgan fingerprint density at radius 2 is 1.88 bits per heavy atom. The molecule has 0 radical (unpaired) electrons. The van der Waals surface area contributed by atoms with Crippen molar-refractivity contribution < 1.29 is 18.8 Å². The van der Waals surface area contributed by atoms with E-state index in [-0.39, 0.29) is 23.5 Å². The van der Waals surface area contributed by atoms with Gasteiger partial charge in [0.1, 0.15) is 10.8 Å². The first-order valence-corrected chi connectivity index (χ1v) is 11.9. The van der Waals surface area contributed by atoms with E-state index in [9.17, 15) is 18.8 Å². The molecule has 7 nitrogen and oxygen atoms in total. The molecule has 4 rings (SSSR count). The number of halogens is 1. The van der Waals surface area contributed by atoms with Crippen LogP contribution in [0.25, 0.3) is 0 Å². The number of carbonyl (C=O) groups is 3. The van der Waals surface area contributed by atoms with Gasteiger partial charge in [0.25, 0.3) is 17.6 Å². The van der Waals surface area contributed by atoms with Crippen LogP contribution in [0.4, 0.5) is 10.1 Å². The van der Waals surface area contributed by atoms with Gasteiger partial charge in [0.05, 0.1) is 17.3 Å². The highest BCUT2D eigenvalue weighted by Gasteiger charge is 2.37. The number of amides is 2. The summed E-state index contributed by atoms with van der Waals surface area (Å²) in [5, 5.41) is 6.44.